The number of oxazole rings is 1. The Morgan fingerprint density at radius 2 is 2.29 bits per heavy atom. The first kappa shape index (κ1) is 13.5. The lowest BCUT2D eigenvalue weighted by Crippen LogP contribution is -2.39. The Labute approximate surface area is 121 Å². The number of nitrogens with zero attached hydrogens (tertiary/aromatic N) is 1. The molecule has 1 unspecified atom stereocenters. The van der Waals surface area contributed by atoms with Crippen LogP contribution in [0.15, 0.2) is 21.3 Å². The van der Waals surface area contributed by atoms with E-state index in [1.807, 2.05) is 6.92 Å². The van der Waals surface area contributed by atoms with Crippen LogP contribution in [0.2, 0.25) is 0 Å². The van der Waals surface area contributed by atoms with Gasteiger partial charge in [0.2, 0.25) is 5.91 Å². The summed E-state index contributed by atoms with van der Waals surface area (Å²) in [5.74, 6) is -0.473. The number of H-pyrrole nitrogens is 1. The van der Waals surface area contributed by atoms with Gasteiger partial charge in [0.25, 0.3) is 0 Å². The highest BCUT2D eigenvalue weighted by Crippen LogP contribution is 2.37. The van der Waals surface area contributed by atoms with Crippen LogP contribution in [0.4, 0.5) is 11.4 Å². The van der Waals surface area contributed by atoms with E-state index in [1.165, 1.54) is 0 Å². The number of nitrogens with one attached hydrogen (secondary N) is 2. The molecule has 1 aliphatic rings. The largest absolute Gasteiger partial charge is 0.417 e. The van der Waals surface area contributed by atoms with Crippen LogP contribution < -0.4 is 21.7 Å². The second-order valence-corrected chi connectivity index (χ2v) is 5.73. The molecule has 2 heterocycles. The fourth-order valence-corrected chi connectivity index (χ4v) is 2.93. The lowest BCUT2D eigenvalue weighted by atomic mass is 9.89. The lowest BCUT2D eigenvalue weighted by Gasteiger charge is -2.24. The molecule has 112 valence electrons. The van der Waals surface area contributed by atoms with E-state index in [0.29, 0.717) is 23.3 Å². The van der Waals surface area contributed by atoms with Crippen molar-refractivity contribution in [1.82, 2.24) is 10.3 Å². The van der Waals surface area contributed by atoms with Crippen molar-refractivity contribution in [3.8, 4) is 0 Å². The van der Waals surface area contributed by atoms with Crippen LogP contribution in [0.1, 0.15) is 13.3 Å². The SMILES string of the molecule is CNC(=O)C1(C)CCN(c2cc3[nH]c(=O)oc3cc2N)C1. The Morgan fingerprint density at radius 1 is 1.52 bits per heavy atom. The highest BCUT2D eigenvalue weighted by molar-refractivity contribution is 5.87. The minimum absolute atomic E-state index is 0.0290. The predicted octanol–water partition coefficient (Wildman–Crippen LogP) is 0.666. The van der Waals surface area contributed by atoms with Crippen LogP contribution in [0.3, 0.4) is 0 Å². The number of aromatic amines is 1. The summed E-state index contributed by atoms with van der Waals surface area (Å²) in [7, 11) is 1.65. The second-order valence-electron chi connectivity index (χ2n) is 5.73. The van der Waals surface area contributed by atoms with Gasteiger partial charge in [0, 0.05) is 26.2 Å². The molecule has 1 amide bonds. The Hall–Kier alpha value is -2.44. The van der Waals surface area contributed by atoms with Gasteiger partial charge in [-0.3, -0.25) is 9.78 Å². The standard InChI is InChI=1S/C14H18N4O3/c1-14(12(19)16-2)3-4-18(7-14)10-6-9-11(5-8(10)15)21-13(20)17-9/h5-6H,3-4,7,15H2,1-2H3,(H,16,19)(H,17,20). The zero-order valence-corrected chi connectivity index (χ0v) is 12.0. The summed E-state index contributed by atoms with van der Waals surface area (Å²) in [6.07, 6.45) is 0.756. The van der Waals surface area contributed by atoms with Gasteiger partial charge in [0.1, 0.15) is 0 Å². The number of fused-ring (bicyclic) bond motifs is 1. The number of rotatable bonds is 2. The third-order valence-corrected chi connectivity index (χ3v) is 4.16. The van der Waals surface area contributed by atoms with E-state index in [9.17, 15) is 9.59 Å². The van der Waals surface area contributed by atoms with E-state index in [4.69, 9.17) is 10.2 Å². The minimum atomic E-state index is -0.502. The molecule has 4 N–H and O–H groups in total. The van der Waals surface area contributed by atoms with Gasteiger partial charge in [0.15, 0.2) is 5.58 Å². The van der Waals surface area contributed by atoms with Gasteiger partial charge in [-0.15, -0.1) is 0 Å². The average molecular weight is 290 g/mol. The fourth-order valence-electron chi connectivity index (χ4n) is 2.93. The third kappa shape index (κ3) is 2.14. The maximum atomic E-state index is 12.0. The molecular weight excluding hydrogens is 272 g/mol. The van der Waals surface area contributed by atoms with Gasteiger partial charge in [-0.05, 0) is 19.4 Å². The minimum Gasteiger partial charge on any atom is -0.408 e. The van der Waals surface area contributed by atoms with Crippen LogP contribution >= 0.6 is 0 Å². The maximum Gasteiger partial charge on any atom is 0.417 e. The van der Waals surface area contributed by atoms with E-state index < -0.39 is 11.2 Å². The molecule has 0 spiro atoms. The molecule has 2 aromatic rings. The smallest absolute Gasteiger partial charge is 0.408 e. The van der Waals surface area contributed by atoms with Crippen molar-refractivity contribution in [3.63, 3.8) is 0 Å². The van der Waals surface area contributed by atoms with Crippen molar-refractivity contribution >= 4 is 28.4 Å². The number of amides is 1. The first-order valence-corrected chi connectivity index (χ1v) is 6.82. The van der Waals surface area contributed by atoms with E-state index in [2.05, 4.69) is 15.2 Å². The van der Waals surface area contributed by atoms with Crippen molar-refractivity contribution < 1.29 is 9.21 Å². The number of anilines is 2. The number of nitrogens with two attached hydrogens (primary N) is 1. The van der Waals surface area contributed by atoms with Crippen LogP contribution in [0.5, 0.6) is 0 Å². The summed E-state index contributed by atoms with van der Waals surface area (Å²) in [5.41, 5.74) is 8.02. The summed E-state index contributed by atoms with van der Waals surface area (Å²) in [6, 6.07) is 3.43. The van der Waals surface area contributed by atoms with E-state index in [-0.39, 0.29) is 5.91 Å². The van der Waals surface area contributed by atoms with Crippen LogP contribution in [-0.4, -0.2) is 31.0 Å². The fraction of sp³-hybridized carbons (Fsp3) is 0.429. The molecule has 21 heavy (non-hydrogen) atoms. The Balaban J connectivity index is 1.96. The molecule has 3 rings (SSSR count). The van der Waals surface area contributed by atoms with Crippen LogP contribution in [-0.2, 0) is 4.79 Å². The van der Waals surface area contributed by atoms with Crippen LogP contribution in [0.25, 0.3) is 11.1 Å². The summed E-state index contributed by atoms with van der Waals surface area (Å²) in [5, 5.41) is 2.71. The van der Waals surface area contributed by atoms with E-state index in [0.717, 1.165) is 18.7 Å². The second kappa shape index (κ2) is 4.54. The molecule has 1 saturated heterocycles. The van der Waals surface area contributed by atoms with Crippen molar-refractivity contribution in [1.29, 1.82) is 0 Å². The lowest BCUT2D eigenvalue weighted by molar-refractivity contribution is -0.128. The zero-order valence-electron chi connectivity index (χ0n) is 12.0. The van der Waals surface area contributed by atoms with Gasteiger partial charge in [-0.25, -0.2) is 4.79 Å². The van der Waals surface area contributed by atoms with Gasteiger partial charge in [-0.1, -0.05) is 0 Å². The monoisotopic (exact) mass is 290 g/mol. The number of benzene rings is 1. The molecule has 0 bridgehead atoms. The first-order chi connectivity index (χ1) is 9.93. The predicted molar refractivity (Wildman–Crippen MR) is 80.3 cm³/mol. The average Bonchev–Trinajstić information content (AvgIpc) is 3.00. The summed E-state index contributed by atoms with van der Waals surface area (Å²) in [4.78, 5) is 27.9. The number of hydrogen-bond donors (Lipinski definition) is 3. The number of aromatic nitrogens is 1. The number of carbonyl (C=O) groups is 1. The van der Waals surface area contributed by atoms with Crippen LogP contribution in [0, 0.1) is 5.41 Å². The zero-order chi connectivity index (χ0) is 15.2. The Morgan fingerprint density at radius 3 is 3.00 bits per heavy atom. The summed E-state index contributed by atoms with van der Waals surface area (Å²) < 4.78 is 4.99. The number of nitrogen functional groups attached to an aromatic ring is 1. The molecule has 1 atom stereocenters. The molecule has 1 fully saturated rings. The molecule has 0 aliphatic carbocycles. The number of hydrogen-bond acceptors (Lipinski definition) is 5. The van der Waals surface area contributed by atoms with E-state index in [1.54, 1.807) is 19.2 Å². The van der Waals surface area contributed by atoms with Crippen molar-refractivity contribution in [2.75, 3.05) is 30.8 Å². The molecular formula is C14H18N4O3. The summed E-state index contributed by atoms with van der Waals surface area (Å²) in [6.45, 7) is 3.27. The van der Waals surface area contributed by atoms with Gasteiger partial charge in [-0.2, -0.15) is 0 Å². The molecule has 7 heteroatoms. The van der Waals surface area contributed by atoms with E-state index >= 15 is 0 Å². The van der Waals surface area contributed by atoms with Gasteiger partial charge < -0.3 is 20.4 Å². The quantitative estimate of drug-likeness (QED) is 0.705. The topological polar surface area (TPSA) is 104 Å². The Kier molecular flexibility index (Phi) is 2.93. The van der Waals surface area contributed by atoms with Crippen molar-refractivity contribution in [2.24, 2.45) is 5.41 Å². The maximum absolute atomic E-state index is 12.0. The first-order valence-electron chi connectivity index (χ1n) is 6.82. The van der Waals surface area contributed by atoms with Gasteiger partial charge >= 0.3 is 5.76 Å². The highest BCUT2D eigenvalue weighted by atomic mass is 16.4. The van der Waals surface area contributed by atoms with Crippen molar-refractivity contribution in [2.45, 2.75) is 13.3 Å². The molecule has 0 radical (unpaired) electrons. The molecule has 1 aliphatic heterocycles. The highest BCUT2D eigenvalue weighted by Gasteiger charge is 2.40. The molecule has 0 saturated carbocycles. The van der Waals surface area contributed by atoms with Crippen molar-refractivity contribution in [3.05, 3.63) is 22.7 Å². The summed E-state index contributed by atoms with van der Waals surface area (Å²) >= 11 is 0. The number of carbonyl (C=O) groups excluding carboxylic acids is 1. The third-order valence-electron chi connectivity index (χ3n) is 4.16. The Bertz CT molecular complexity index is 763. The molecule has 7 nitrogen and oxygen atoms in total. The molecule has 1 aromatic heterocycles. The normalized spacial score (nSPS) is 21.9. The molecule has 1 aromatic carbocycles. The van der Waals surface area contributed by atoms with Gasteiger partial charge in [0.05, 0.1) is 22.3 Å².